The molecule has 2 heterocycles. The van der Waals surface area contributed by atoms with Gasteiger partial charge in [0.2, 0.25) is 11.8 Å². The molecule has 1 aliphatic rings. The zero-order valence-corrected chi connectivity index (χ0v) is 12.7. The smallest absolute Gasteiger partial charge is 0.229 e. The van der Waals surface area contributed by atoms with E-state index in [1.54, 1.807) is 19.0 Å². The van der Waals surface area contributed by atoms with Crippen LogP contribution in [0.1, 0.15) is 36.9 Å². The molecule has 0 spiro atoms. The monoisotopic (exact) mass is 306 g/mol. The number of hydrogen-bond acceptors (Lipinski definition) is 7. The lowest BCUT2D eigenvalue weighted by Gasteiger charge is -2.20. The first-order valence-corrected chi connectivity index (χ1v) is 7.39. The number of nitrogens with zero attached hydrogens (tertiary/aromatic N) is 5. The van der Waals surface area contributed by atoms with Crippen molar-refractivity contribution in [3.05, 3.63) is 23.7 Å². The number of halogens is 1. The quantitative estimate of drug-likeness (QED) is 0.874. The number of rotatable bonds is 6. The lowest BCUT2D eigenvalue weighted by Crippen LogP contribution is -2.16. The van der Waals surface area contributed by atoms with Gasteiger partial charge in [-0.05, 0) is 12.8 Å². The molecule has 7 nitrogen and oxygen atoms in total. The summed E-state index contributed by atoms with van der Waals surface area (Å²) >= 11 is 0. The van der Waals surface area contributed by atoms with Crippen molar-refractivity contribution in [2.75, 3.05) is 30.9 Å². The van der Waals surface area contributed by atoms with E-state index in [4.69, 9.17) is 4.52 Å². The van der Waals surface area contributed by atoms with Gasteiger partial charge in [0.05, 0.1) is 6.20 Å². The molecule has 0 amide bonds. The topological polar surface area (TPSA) is 80.0 Å². The van der Waals surface area contributed by atoms with E-state index < -0.39 is 5.82 Å². The summed E-state index contributed by atoms with van der Waals surface area (Å²) in [5, 5.41) is 7.02. The van der Waals surface area contributed by atoms with Crippen molar-refractivity contribution in [2.24, 2.45) is 0 Å². The Hall–Kier alpha value is -2.25. The van der Waals surface area contributed by atoms with Crippen molar-refractivity contribution >= 4 is 11.8 Å². The fourth-order valence-electron chi connectivity index (χ4n) is 2.23. The highest BCUT2D eigenvalue weighted by atomic mass is 19.1. The predicted molar refractivity (Wildman–Crippen MR) is 79.4 cm³/mol. The molecule has 0 radical (unpaired) electrons. The fraction of sp³-hybridized carbons (Fsp3) is 0.571. The van der Waals surface area contributed by atoms with Crippen LogP contribution in [0.5, 0.6) is 0 Å². The zero-order valence-electron chi connectivity index (χ0n) is 12.7. The molecule has 0 atom stereocenters. The predicted octanol–water partition coefficient (Wildman–Crippen LogP) is 1.99. The molecule has 2 aromatic heterocycles. The van der Waals surface area contributed by atoms with Crippen LogP contribution in [0.15, 0.2) is 10.7 Å². The molecule has 0 bridgehead atoms. The second-order valence-corrected chi connectivity index (χ2v) is 5.61. The van der Waals surface area contributed by atoms with Crippen LogP contribution in [0.3, 0.4) is 0 Å². The third kappa shape index (κ3) is 3.15. The molecule has 1 fully saturated rings. The molecule has 8 heteroatoms. The van der Waals surface area contributed by atoms with Gasteiger partial charge in [-0.2, -0.15) is 9.97 Å². The van der Waals surface area contributed by atoms with Crippen LogP contribution in [-0.4, -0.2) is 40.7 Å². The minimum atomic E-state index is -0.446. The van der Waals surface area contributed by atoms with Gasteiger partial charge in [-0.15, -0.1) is 0 Å². The van der Waals surface area contributed by atoms with Gasteiger partial charge in [-0.1, -0.05) is 11.6 Å². The van der Waals surface area contributed by atoms with Gasteiger partial charge in [-0.3, -0.25) is 0 Å². The minimum Gasteiger partial charge on any atom is -0.360 e. The van der Waals surface area contributed by atoms with E-state index in [2.05, 4.69) is 25.4 Å². The van der Waals surface area contributed by atoms with Crippen molar-refractivity contribution in [2.45, 2.75) is 31.6 Å². The van der Waals surface area contributed by atoms with Gasteiger partial charge >= 0.3 is 0 Å². The van der Waals surface area contributed by atoms with Crippen LogP contribution < -0.4 is 10.2 Å². The maximum atomic E-state index is 13.5. The van der Waals surface area contributed by atoms with Gasteiger partial charge in [0.25, 0.3) is 0 Å². The molecule has 1 saturated carbocycles. The van der Waals surface area contributed by atoms with E-state index >= 15 is 0 Å². The Morgan fingerprint density at radius 2 is 2.18 bits per heavy atom. The lowest BCUT2D eigenvalue weighted by molar-refractivity contribution is 0.291. The number of aromatic nitrogens is 4. The van der Waals surface area contributed by atoms with Crippen LogP contribution in [0, 0.1) is 5.82 Å². The highest BCUT2D eigenvalue weighted by Gasteiger charge is 2.25. The lowest BCUT2D eigenvalue weighted by atomic mass is 9.85. The average Bonchev–Trinajstić information content (AvgIpc) is 2.87. The summed E-state index contributed by atoms with van der Waals surface area (Å²) in [6.45, 7) is 0.558. The Bertz CT molecular complexity index is 640. The maximum absolute atomic E-state index is 13.5. The molecule has 0 aliphatic heterocycles. The molecular formula is C14H19FN6O. The minimum absolute atomic E-state index is 0.254. The van der Waals surface area contributed by atoms with Gasteiger partial charge < -0.3 is 14.7 Å². The zero-order chi connectivity index (χ0) is 15.5. The Balaban J connectivity index is 1.54. The molecular weight excluding hydrogens is 287 g/mol. The largest absolute Gasteiger partial charge is 0.360 e. The molecule has 22 heavy (non-hydrogen) atoms. The second kappa shape index (κ2) is 6.25. The molecule has 1 aliphatic carbocycles. The summed E-state index contributed by atoms with van der Waals surface area (Å²) in [7, 11) is 3.47. The van der Waals surface area contributed by atoms with Gasteiger partial charge in [0, 0.05) is 33.0 Å². The SMILES string of the molecule is CN(C)c1nc(NCCc2noc(C3CCC3)n2)ncc1F. The fourth-order valence-corrected chi connectivity index (χ4v) is 2.23. The Labute approximate surface area is 128 Å². The van der Waals surface area contributed by atoms with Crippen LogP contribution in [0.4, 0.5) is 16.2 Å². The highest BCUT2D eigenvalue weighted by Crippen LogP contribution is 2.35. The van der Waals surface area contributed by atoms with Crippen molar-refractivity contribution in [1.82, 2.24) is 20.1 Å². The van der Waals surface area contributed by atoms with Crippen LogP contribution >= 0.6 is 0 Å². The van der Waals surface area contributed by atoms with E-state index in [1.165, 1.54) is 6.42 Å². The van der Waals surface area contributed by atoms with Gasteiger partial charge in [0.15, 0.2) is 17.5 Å². The van der Waals surface area contributed by atoms with Crippen LogP contribution in [0.25, 0.3) is 0 Å². The van der Waals surface area contributed by atoms with Crippen molar-refractivity contribution in [3.8, 4) is 0 Å². The first-order chi connectivity index (χ1) is 10.6. The summed E-state index contributed by atoms with van der Waals surface area (Å²) < 4.78 is 18.8. The summed E-state index contributed by atoms with van der Waals surface area (Å²) in [6.07, 6.45) is 5.27. The maximum Gasteiger partial charge on any atom is 0.229 e. The van der Waals surface area contributed by atoms with Crippen molar-refractivity contribution in [3.63, 3.8) is 0 Å². The van der Waals surface area contributed by atoms with Gasteiger partial charge in [0.1, 0.15) is 0 Å². The number of nitrogens with one attached hydrogen (secondary N) is 1. The summed E-state index contributed by atoms with van der Waals surface area (Å²) in [5.74, 6) is 2.05. The van der Waals surface area contributed by atoms with E-state index in [0.717, 1.165) is 24.9 Å². The Morgan fingerprint density at radius 3 is 2.86 bits per heavy atom. The second-order valence-electron chi connectivity index (χ2n) is 5.61. The molecule has 2 aromatic rings. The van der Waals surface area contributed by atoms with E-state index in [1.807, 2.05) is 0 Å². The first kappa shape index (κ1) is 14.7. The number of anilines is 2. The van der Waals surface area contributed by atoms with E-state index in [-0.39, 0.29) is 5.82 Å². The third-order valence-corrected chi connectivity index (χ3v) is 3.72. The summed E-state index contributed by atoms with van der Waals surface area (Å²) in [4.78, 5) is 14.0. The summed E-state index contributed by atoms with van der Waals surface area (Å²) in [5.41, 5.74) is 0. The molecule has 1 N–H and O–H groups in total. The Kier molecular flexibility index (Phi) is 4.17. The molecule has 0 unspecified atom stereocenters. The standard InChI is InChI=1S/C14H19FN6O/c1-21(2)12-10(15)8-17-14(19-12)16-7-6-11-18-13(22-20-11)9-4-3-5-9/h8-9H,3-7H2,1-2H3,(H,16,17,19). The molecule has 118 valence electrons. The van der Waals surface area contributed by atoms with Gasteiger partial charge in [-0.25, -0.2) is 9.37 Å². The van der Waals surface area contributed by atoms with E-state index in [0.29, 0.717) is 30.7 Å². The van der Waals surface area contributed by atoms with Crippen molar-refractivity contribution < 1.29 is 8.91 Å². The molecule has 0 aromatic carbocycles. The molecule has 3 rings (SSSR count). The highest BCUT2D eigenvalue weighted by molar-refractivity contribution is 5.42. The number of hydrogen-bond donors (Lipinski definition) is 1. The summed E-state index contributed by atoms with van der Waals surface area (Å²) in [6, 6.07) is 0. The Morgan fingerprint density at radius 1 is 1.36 bits per heavy atom. The van der Waals surface area contributed by atoms with Crippen molar-refractivity contribution in [1.29, 1.82) is 0 Å². The average molecular weight is 306 g/mol. The third-order valence-electron chi connectivity index (χ3n) is 3.72. The molecule has 0 saturated heterocycles. The van der Waals surface area contributed by atoms with Crippen LogP contribution in [0.2, 0.25) is 0 Å². The van der Waals surface area contributed by atoms with E-state index in [9.17, 15) is 4.39 Å². The normalized spacial score (nSPS) is 14.7. The first-order valence-electron chi connectivity index (χ1n) is 7.39. The van der Waals surface area contributed by atoms with Crippen LogP contribution in [-0.2, 0) is 6.42 Å².